The van der Waals surface area contributed by atoms with E-state index in [4.69, 9.17) is 0 Å². The van der Waals surface area contributed by atoms with Gasteiger partial charge in [-0.3, -0.25) is 4.90 Å². The summed E-state index contributed by atoms with van der Waals surface area (Å²) in [6.07, 6.45) is 1.28. The maximum absolute atomic E-state index is 2.59. The molecule has 0 atom stereocenters. The predicted molar refractivity (Wildman–Crippen MR) is 75.5 cm³/mol. The molecule has 0 aromatic heterocycles. The Bertz CT molecular complexity index is 202. The van der Waals surface area contributed by atoms with Crippen LogP contribution in [0.25, 0.3) is 0 Å². The second-order valence-electron chi connectivity index (χ2n) is 6.76. The van der Waals surface area contributed by atoms with E-state index in [-0.39, 0.29) is 0 Å². The molecule has 3 heteroatoms. The summed E-state index contributed by atoms with van der Waals surface area (Å²) in [5, 5.41) is 0. The van der Waals surface area contributed by atoms with Crippen molar-refractivity contribution in [2.24, 2.45) is 5.41 Å². The highest BCUT2D eigenvalue weighted by Gasteiger charge is 2.15. The molecule has 0 spiro atoms. The quantitative estimate of drug-likeness (QED) is 0.724. The first-order chi connectivity index (χ1) is 7.87. The normalized spacial score (nSPS) is 20.1. The van der Waals surface area contributed by atoms with Crippen LogP contribution in [0.15, 0.2) is 0 Å². The molecule has 0 amide bonds. The third-order valence-electron chi connectivity index (χ3n) is 3.64. The molecule has 0 N–H and O–H groups in total. The highest BCUT2D eigenvalue weighted by molar-refractivity contribution is 4.71. The summed E-state index contributed by atoms with van der Waals surface area (Å²) < 4.78 is 0. The van der Waals surface area contributed by atoms with Gasteiger partial charge >= 0.3 is 0 Å². The third-order valence-corrected chi connectivity index (χ3v) is 3.64. The van der Waals surface area contributed by atoms with Crippen molar-refractivity contribution in [3.63, 3.8) is 0 Å². The molecule has 1 aliphatic heterocycles. The molecule has 1 fully saturated rings. The molecular weight excluding hydrogens is 210 g/mol. The van der Waals surface area contributed by atoms with Crippen molar-refractivity contribution in [2.45, 2.75) is 27.2 Å². The van der Waals surface area contributed by atoms with Crippen LogP contribution in [-0.2, 0) is 0 Å². The Kier molecular flexibility index (Phi) is 5.90. The first kappa shape index (κ1) is 14.9. The smallest absolute Gasteiger partial charge is 0.0110 e. The van der Waals surface area contributed by atoms with E-state index in [0.717, 1.165) is 0 Å². The highest BCUT2D eigenvalue weighted by Crippen LogP contribution is 2.18. The standard InChI is InChI=1S/C14H31N3/c1-14(2,3)6-7-15(4)8-11-17-12-9-16(5)10-13-17/h6-13H2,1-5H3. The summed E-state index contributed by atoms with van der Waals surface area (Å²) in [5.74, 6) is 0. The third kappa shape index (κ3) is 7.02. The van der Waals surface area contributed by atoms with E-state index in [2.05, 4.69) is 49.6 Å². The topological polar surface area (TPSA) is 9.72 Å². The average molecular weight is 241 g/mol. The lowest BCUT2D eigenvalue weighted by Gasteiger charge is -2.33. The fourth-order valence-electron chi connectivity index (χ4n) is 2.02. The van der Waals surface area contributed by atoms with Crippen LogP contribution in [0.3, 0.4) is 0 Å². The van der Waals surface area contributed by atoms with Crippen LogP contribution in [0.4, 0.5) is 0 Å². The minimum absolute atomic E-state index is 0.460. The molecule has 0 bridgehead atoms. The van der Waals surface area contributed by atoms with Crippen molar-refractivity contribution in [3.05, 3.63) is 0 Å². The molecule has 17 heavy (non-hydrogen) atoms. The van der Waals surface area contributed by atoms with Gasteiger partial charge in [0, 0.05) is 39.3 Å². The Morgan fingerprint density at radius 1 is 1.00 bits per heavy atom. The largest absolute Gasteiger partial charge is 0.305 e. The number of piperazine rings is 1. The second-order valence-corrected chi connectivity index (χ2v) is 6.76. The summed E-state index contributed by atoms with van der Waals surface area (Å²) in [6.45, 7) is 15.6. The Hall–Kier alpha value is -0.120. The monoisotopic (exact) mass is 241 g/mol. The zero-order valence-corrected chi connectivity index (χ0v) is 12.5. The van der Waals surface area contributed by atoms with E-state index < -0.39 is 0 Å². The SMILES string of the molecule is CN1CCN(CCN(C)CCC(C)(C)C)CC1. The second kappa shape index (κ2) is 6.72. The van der Waals surface area contributed by atoms with E-state index in [0.29, 0.717) is 5.41 Å². The molecular formula is C14H31N3. The summed E-state index contributed by atoms with van der Waals surface area (Å²) in [5.41, 5.74) is 0.460. The number of likely N-dealkylation sites (N-methyl/N-ethyl adjacent to an activating group) is 2. The van der Waals surface area contributed by atoms with Crippen LogP contribution >= 0.6 is 0 Å². The van der Waals surface area contributed by atoms with Gasteiger partial charge in [-0.1, -0.05) is 20.8 Å². The summed E-state index contributed by atoms with van der Waals surface area (Å²) >= 11 is 0. The van der Waals surface area contributed by atoms with Crippen LogP contribution < -0.4 is 0 Å². The van der Waals surface area contributed by atoms with Gasteiger partial charge in [0.1, 0.15) is 0 Å². The lowest BCUT2D eigenvalue weighted by Crippen LogP contribution is -2.46. The van der Waals surface area contributed by atoms with E-state index in [9.17, 15) is 0 Å². The summed E-state index contributed by atoms with van der Waals surface area (Å²) in [4.78, 5) is 7.48. The minimum Gasteiger partial charge on any atom is -0.305 e. The average Bonchev–Trinajstić information content (AvgIpc) is 2.25. The number of nitrogens with zero attached hydrogens (tertiary/aromatic N) is 3. The Labute approximate surface area is 108 Å². The summed E-state index contributed by atoms with van der Waals surface area (Å²) in [6, 6.07) is 0. The van der Waals surface area contributed by atoms with Gasteiger partial charge < -0.3 is 9.80 Å². The van der Waals surface area contributed by atoms with Gasteiger partial charge in [0.15, 0.2) is 0 Å². The first-order valence-electron chi connectivity index (χ1n) is 6.96. The zero-order valence-electron chi connectivity index (χ0n) is 12.5. The van der Waals surface area contributed by atoms with Crippen molar-refractivity contribution in [3.8, 4) is 0 Å². The van der Waals surface area contributed by atoms with Gasteiger partial charge in [-0.05, 0) is 32.5 Å². The number of rotatable bonds is 5. The minimum atomic E-state index is 0.460. The molecule has 102 valence electrons. The van der Waals surface area contributed by atoms with Gasteiger partial charge in [0.2, 0.25) is 0 Å². The molecule has 1 saturated heterocycles. The molecule has 1 aliphatic rings. The van der Waals surface area contributed by atoms with Crippen LogP contribution in [0.1, 0.15) is 27.2 Å². The molecule has 0 unspecified atom stereocenters. The van der Waals surface area contributed by atoms with Crippen LogP contribution in [0, 0.1) is 5.41 Å². The van der Waals surface area contributed by atoms with Gasteiger partial charge in [-0.15, -0.1) is 0 Å². The molecule has 0 radical (unpaired) electrons. The summed E-state index contributed by atoms with van der Waals surface area (Å²) in [7, 11) is 4.47. The zero-order chi connectivity index (χ0) is 12.9. The lowest BCUT2D eigenvalue weighted by atomic mass is 9.92. The molecule has 0 saturated carbocycles. The molecule has 0 aliphatic carbocycles. The Balaban J connectivity index is 2.09. The molecule has 1 rings (SSSR count). The van der Waals surface area contributed by atoms with E-state index in [1.807, 2.05) is 0 Å². The molecule has 3 nitrogen and oxygen atoms in total. The van der Waals surface area contributed by atoms with Crippen molar-refractivity contribution in [1.82, 2.24) is 14.7 Å². The van der Waals surface area contributed by atoms with Gasteiger partial charge in [0.05, 0.1) is 0 Å². The van der Waals surface area contributed by atoms with Crippen molar-refractivity contribution >= 4 is 0 Å². The molecule has 0 aromatic carbocycles. The van der Waals surface area contributed by atoms with Gasteiger partial charge in [0.25, 0.3) is 0 Å². The fourth-order valence-corrected chi connectivity index (χ4v) is 2.02. The van der Waals surface area contributed by atoms with E-state index in [1.54, 1.807) is 0 Å². The Morgan fingerprint density at radius 3 is 2.12 bits per heavy atom. The maximum Gasteiger partial charge on any atom is 0.0110 e. The van der Waals surface area contributed by atoms with Crippen LogP contribution in [0.5, 0.6) is 0 Å². The maximum atomic E-state index is 2.59. The fraction of sp³-hybridized carbons (Fsp3) is 1.00. The van der Waals surface area contributed by atoms with Gasteiger partial charge in [-0.2, -0.15) is 0 Å². The van der Waals surface area contributed by atoms with E-state index >= 15 is 0 Å². The molecule has 1 heterocycles. The molecule has 0 aromatic rings. The van der Waals surface area contributed by atoms with E-state index in [1.165, 1.54) is 52.2 Å². The lowest BCUT2D eigenvalue weighted by molar-refractivity contribution is 0.138. The highest BCUT2D eigenvalue weighted by atomic mass is 15.3. The van der Waals surface area contributed by atoms with Crippen molar-refractivity contribution in [2.75, 3.05) is 59.9 Å². The Morgan fingerprint density at radius 2 is 1.59 bits per heavy atom. The van der Waals surface area contributed by atoms with Crippen LogP contribution in [-0.4, -0.2) is 74.6 Å². The predicted octanol–water partition coefficient (Wildman–Crippen LogP) is 1.60. The van der Waals surface area contributed by atoms with Crippen LogP contribution in [0.2, 0.25) is 0 Å². The number of hydrogen-bond donors (Lipinski definition) is 0. The number of hydrogen-bond acceptors (Lipinski definition) is 3. The van der Waals surface area contributed by atoms with Crippen molar-refractivity contribution < 1.29 is 0 Å². The van der Waals surface area contributed by atoms with Crippen molar-refractivity contribution in [1.29, 1.82) is 0 Å². The first-order valence-corrected chi connectivity index (χ1v) is 6.96. The van der Waals surface area contributed by atoms with Gasteiger partial charge in [-0.25, -0.2) is 0 Å².